The predicted octanol–water partition coefficient (Wildman–Crippen LogP) is 3.74. The van der Waals surface area contributed by atoms with Crippen molar-refractivity contribution in [1.82, 2.24) is 0 Å². The first-order valence-electron chi connectivity index (χ1n) is 7.02. The molecule has 0 heterocycles. The van der Waals surface area contributed by atoms with Crippen molar-refractivity contribution in [2.75, 3.05) is 6.54 Å². The van der Waals surface area contributed by atoms with Crippen LogP contribution in [0.15, 0.2) is 54.6 Å². The summed E-state index contributed by atoms with van der Waals surface area (Å²) in [4.78, 5) is 12.6. The van der Waals surface area contributed by atoms with Crippen LogP contribution in [-0.2, 0) is 0 Å². The standard InChI is InChI=1S/C18H21NO/c1-13(2)14-8-10-16(11-9-14)18(20)17(12-19)15-6-4-3-5-7-15/h3-11,13,17H,12,19H2,1-2H3. The molecule has 0 spiro atoms. The number of Topliss-reactive ketones (excluding diaryl/α,β-unsaturated/α-hetero) is 1. The van der Waals surface area contributed by atoms with Gasteiger partial charge in [-0.3, -0.25) is 4.79 Å². The molecule has 0 aliphatic carbocycles. The van der Waals surface area contributed by atoms with Gasteiger partial charge in [0.25, 0.3) is 0 Å². The average Bonchev–Trinajstić information content (AvgIpc) is 2.49. The summed E-state index contributed by atoms with van der Waals surface area (Å²) in [6, 6.07) is 17.6. The molecule has 2 aromatic rings. The van der Waals surface area contributed by atoms with E-state index < -0.39 is 0 Å². The Bertz CT molecular complexity index is 558. The molecule has 0 radical (unpaired) electrons. The molecule has 20 heavy (non-hydrogen) atoms. The van der Waals surface area contributed by atoms with E-state index in [9.17, 15) is 4.79 Å². The van der Waals surface area contributed by atoms with Crippen molar-refractivity contribution < 1.29 is 4.79 Å². The summed E-state index contributed by atoms with van der Waals surface area (Å²) >= 11 is 0. The van der Waals surface area contributed by atoms with Gasteiger partial charge in [0.05, 0.1) is 5.92 Å². The molecule has 2 N–H and O–H groups in total. The van der Waals surface area contributed by atoms with Gasteiger partial charge in [-0.25, -0.2) is 0 Å². The van der Waals surface area contributed by atoms with E-state index in [0.29, 0.717) is 12.5 Å². The molecule has 0 aliphatic rings. The van der Waals surface area contributed by atoms with Crippen LogP contribution in [0.1, 0.15) is 47.2 Å². The first-order valence-corrected chi connectivity index (χ1v) is 7.02. The lowest BCUT2D eigenvalue weighted by molar-refractivity contribution is 0.0962. The van der Waals surface area contributed by atoms with Gasteiger partial charge in [0.1, 0.15) is 0 Å². The Morgan fingerprint density at radius 1 is 0.950 bits per heavy atom. The van der Waals surface area contributed by atoms with Crippen LogP contribution in [-0.4, -0.2) is 12.3 Å². The van der Waals surface area contributed by atoms with E-state index in [1.807, 2.05) is 54.6 Å². The monoisotopic (exact) mass is 267 g/mol. The molecule has 0 aromatic heterocycles. The molecule has 2 aromatic carbocycles. The maximum Gasteiger partial charge on any atom is 0.171 e. The number of carbonyl (C=O) groups is 1. The second-order valence-electron chi connectivity index (χ2n) is 5.34. The lowest BCUT2D eigenvalue weighted by atomic mass is 9.90. The Morgan fingerprint density at radius 3 is 2.05 bits per heavy atom. The van der Waals surface area contributed by atoms with Gasteiger partial charge in [-0.15, -0.1) is 0 Å². The Labute approximate surface area is 120 Å². The van der Waals surface area contributed by atoms with Crippen molar-refractivity contribution in [3.8, 4) is 0 Å². The van der Waals surface area contributed by atoms with Crippen molar-refractivity contribution in [2.24, 2.45) is 5.73 Å². The highest BCUT2D eigenvalue weighted by Crippen LogP contribution is 2.21. The van der Waals surface area contributed by atoms with Crippen molar-refractivity contribution in [3.63, 3.8) is 0 Å². The van der Waals surface area contributed by atoms with Crippen LogP contribution in [0.2, 0.25) is 0 Å². The van der Waals surface area contributed by atoms with Gasteiger partial charge in [0, 0.05) is 12.1 Å². The first-order chi connectivity index (χ1) is 9.63. The highest BCUT2D eigenvalue weighted by molar-refractivity contribution is 6.01. The van der Waals surface area contributed by atoms with Crippen LogP contribution in [0.3, 0.4) is 0 Å². The van der Waals surface area contributed by atoms with Gasteiger partial charge in [0.2, 0.25) is 0 Å². The van der Waals surface area contributed by atoms with Gasteiger partial charge in [0.15, 0.2) is 5.78 Å². The Kier molecular flexibility index (Phi) is 4.70. The molecule has 104 valence electrons. The summed E-state index contributed by atoms with van der Waals surface area (Å²) in [7, 11) is 0. The van der Waals surface area contributed by atoms with Crippen molar-refractivity contribution in [1.29, 1.82) is 0 Å². The molecule has 0 fully saturated rings. The van der Waals surface area contributed by atoms with Gasteiger partial charge < -0.3 is 5.73 Å². The lowest BCUT2D eigenvalue weighted by Gasteiger charge is -2.14. The highest BCUT2D eigenvalue weighted by atomic mass is 16.1. The van der Waals surface area contributed by atoms with Crippen LogP contribution in [0.25, 0.3) is 0 Å². The normalized spacial score (nSPS) is 12.4. The second kappa shape index (κ2) is 6.49. The fourth-order valence-corrected chi connectivity index (χ4v) is 2.31. The minimum atomic E-state index is -0.263. The fraction of sp³-hybridized carbons (Fsp3) is 0.278. The van der Waals surface area contributed by atoms with Crippen LogP contribution in [0, 0.1) is 0 Å². The molecule has 1 atom stereocenters. The number of nitrogens with two attached hydrogens (primary N) is 1. The second-order valence-corrected chi connectivity index (χ2v) is 5.34. The van der Waals surface area contributed by atoms with E-state index in [2.05, 4.69) is 13.8 Å². The molecule has 0 saturated heterocycles. The van der Waals surface area contributed by atoms with Crippen LogP contribution in [0.4, 0.5) is 0 Å². The van der Waals surface area contributed by atoms with E-state index in [4.69, 9.17) is 5.73 Å². The SMILES string of the molecule is CC(C)c1ccc(C(=O)C(CN)c2ccccc2)cc1. The van der Waals surface area contributed by atoms with Crippen molar-refractivity contribution in [2.45, 2.75) is 25.7 Å². The highest BCUT2D eigenvalue weighted by Gasteiger charge is 2.20. The molecular formula is C18H21NO. The van der Waals surface area contributed by atoms with E-state index in [0.717, 1.165) is 11.1 Å². The maximum atomic E-state index is 12.6. The summed E-state index contributed by atoms with van der Waals surface area (Å²) < 4.78 is 0. The molecule has 2 nitrogen and oxygen atoms in total. The summed E-state index contributed by atoms with van der Waals surface area (Å²) in [5, 5.41) is 0. The maximum absolute atomic E-state index is 12.6. The first kappa shape index (κ1) is 14.5. The van der Waals surface area contributed by atoms with Crippen molar-refractivity contribution >= 4 is 5.78 Å². The Balaban J connectivity index is 2.25. The lowest BCUT2D eigenvalue weighted by Crippen LogP contribution is -2.21. The number of ketones is 1. The molecular weight excluding hydrogens is 246 g/mol. The topological polar surface area (TPSA) is 43.1 Å². The Hall–Kier alpha value is -1.93. The third-order valence-electron chi connectivity index (χ3n) is 3.62. The zero-order chi connectivity index (χ0) is 14.5. The third-order valence-corrected chi connectivity index (χ3v) is 3.62. The summed E-state index contributed by atoms with van der Waals surface area (Å²) in [6.07, 6.45) is 0. The molecule has 1 unspecified atom stereocenters. The largest absolute Gasteiger partial charge is 0.329 e. The van der Waals surface area contributed by atoms with Gasteiger partial charge in [-0.2, -0.15) is 0 Å². The third kappa shape index (κ3) is 3.14. The number of benzene rings is 2. The summed E-state index contributed by atoms with van der Waals surface area (Å²) in [6.45, 7) is 4.61. The quantitative estimate of drug-likeness (QED) is 0.839. The smallest absolute Gasteiger partial charge is 0.171 e. The van der Waals surface area contributed by atoms with Gasteiger partial charge in [-0.05, 0) is 17.0 Å². The number of carbonyl (C=O) groups excluding carboxylic acids is 1. The van der Waals surface area contributed by atoms with Crippen LogP contribution in [0.5, 0.6) is 0 Å². The fourth-order valence-electron chi connectivity index (χ4n) is 2.31. The van der Waals surface area contributed by atoms with Gasteiger partial charge in [-0.1, -0.05) is 68.4 Å². The van der Waals surface area contributed by atoms with E-state index >= 15 is 0 Å². The zero-order valence-corrected chi connectivity index (χ0v) is 12.0. The molecule has 0 bridgehead atoms. The molecule has 0 saturated carbocycles. The van der Waals surface area contributed by atoms with Crippen LogP contribution >= 0.6 is 0 Å². The van der Waals surface area contributed by atoms with E-state index in [1.165, 1.54) is 5.56 Å². The number of rotatable bonds is 5. The number of hydrogen-bond donors (Lipinski definition) is 1. The minimum Gasteiger partial charge on any atom is -0.329 e. The predicted molar refractivity (Wildman–Crippen MR) is 83.1 cm³/mol. The van der Waals surface area contributed by atoms with Crippen molar-refractivity contribution in [3.05, 3.63) is 71.3 Å². The van der Waals surface area contributed by atoms with E-state index in [1.54, 1.807) is 0 Å². The average molecular weight is 267 g/mol. The van der Waals surface area contributed by atoms with E-state index in [-0.39, 0.29) is 11.7 Å². The molecule has 2 heteroatoms. The van der Waals surface area contributed by atoms with Crippen LogP contribution < -0.4 is 5.73 Å². The summed E-state index contributed by atoms with van der Waals surface area (Å²) in [5.74, 6) is 0.300. The zero-order valence-electron chi connectivity index (χ0n) is 12.0. The summed E-state index contributed by atoms with van der Waals surface area (Å²) in [5.41, 5.74) is 8.75. The molecule has 0 amide bonds. The molecule has 2 rings (SSSR count). The number of hydrogen-bond acceptors (Lipinski definition) is 2. The molecule has 0 aliphatic heterocycles. The Morgan fingerprint density at radius 2 is 1.55 bits per heavy atom. The van der Waals surface area contributed by atoms with Gasteiger partial charge >= 0.3 is 0 Å². The minimum absolute atomic E-state index is 0.0917.